The van der Waals surface area contributed by atoms with Crippen LogP contribution in [0, 0.1) is 11.6 Å². The van der Waals surface area contributed by atoms with Crippen molar-refractivity contribution in [2.24, 2.45) is 0 Å². The van der Waals surface area contributed by atoms with Crippen molar-refractivity contribution in [1.29, 1.82) is 0 Å². The van der Waals surface area contributed by atoms with E-state index < -0.39 is 23.5 Å². The van der Waals surface area contributed by atoms with Crippen LogP contribution in [0.1, 0.15) is 10.4 Å². The molecule has 5 nitrogen and oxygen atoms in total. The molecule has 0 saturated carbocycles. The SMILES string of the molecule is COC(=O)c1ccc(NCC(=O)Nc2cc(F)ccc2F)cc1. The summed E-state index contributed by atoms with van der Waals surface area (Å²) in [5.74, 6) is -2.36. The summed E-state index contributed by atoms with van der Waals surface area (Å²) in [4.78, 5) is 23.0. The number of carbonyl (C=O) groups excluding carboxylic acids is 2. The van der Waals surface area contributed by atoms with E-state index in [9.17, 15) is 18.4 Å². The fourth-order valence-corrected chi connectivity index (χ4v) is 1.81. The average Bonchev–Trinajstić information content (AvgIpc) is 2.56. The summed E-state index contributed by atoms with van der Waals surface area (Å²) in [7, 11) is 1.28. The Kier molecular flexibility index (Phi) is 5.24. The standard InChI is InChI=1S/C16H14F2N2O3/c1-23-16(22)10-2-5-12(6-3-10)19-9-15(21)20-14-8-11(17)4-7-13(14)18/h2-8,19H,9H2,1H3,(H,20,21). The molecule has 2 N–H and O–H groups in total. The lowest BCUT2D eigenvalue weighted by molar-refractivity contribution is -0.114. The van der Waals surface area contributed by atoms with Crippen LogP contribution in [0.25, 0.3) is 0 Å². The number of amides is 1. The van der Waals surface area contributed by atoms with Crippen LogP contribution >= 0.6 is 0 Å². The topological polar surface area (TPSA) is 67.4 Å². The highest BCUT2D eigenvalue weighted by Gasteiger charge is 2.09. The molecule has 0 aliphatic heterocycles. The summed E-state index contributed by atoms with van der Waals surface area (Å²) in [5, 5.41) is 5.07. The van der Waals surface area contributed by atoms with Crippen LogP contribution in [0.3, 0.4) is 0 Å². The highest BCUT2D eigenvalue weighted by molar-refractivity contribution is 5.94. The van der Waals surface area contributed by atoms with Crippen molar-refractivity contribution >= 4 is 23.3 Å². The minimum absolute atomic E-state index is 0.145. The predicted molar refractivity (Wildman–Crippen MR) is 81.3 cm³/mol. The van der Waals surface area contributed by atoms with Crippen molar-refractivity contribution < 1.29 is 23.1 Å². The van der Waals surface area contributed by atoms with E-state index in [4.69, 9.17) is 0 Å². The second kappa shape index (κ2) is 7.35. The van der Waals surface area contributed by atoms with E-state index in [0.717, 1.165) is 18.2 Å². The number of benzene rings is 2. The monoisotopic (exact) mass is 320 g/mol. The number of halogens is 2. The summed E-state index contributed by atoms with van der Waals surface area (Å²) in [5.41, 5.74) is 0.745. The molecule has 0 aliphatic rings. The zero-order valence-electron chi connectivity index (χ0n) is 12.2. The summed E-state index contributed by atoms with van der Waals surface area (Å²) < 4.78 is 31.0. The molecule has 120 valence electrons. The van der Waals surface area contributed by atoms with Gasteiger partial charge in [-0.05, 0) is 36.4 Å². The minimum atomic E-state index is -0.720. The van der Waals surface area contributed by atoms with Crippen LogP contribution in [0.5, 0.6) is 0 Å². The summed E-state index contributed by atoms with van der Waals surface area (Å²) in [6.45, 7) is -0.145. The lowest BCUT2D eigenvalue weighted by Gasteiger charge is -2.09. The first-order chi connectivity index (χ1) is 11.0. The lowest BCUT2D eigenvalue weighted by Crippen LogP contribution is -2.22. The van der Waals surface area contributed by atoms with Gasteiger partial charge in [0, 0.05) is 11.8 Å². The Morgan fingerprint density at radius 1 is 1.09 bits per heavy atom. The quantitative estimate of drug-likeness (QED) is 0.831. The van der Waals surface area contributed by atoms with Gasteiger partial charge in [-0.25, -0.2) is 13.6 Å². The van der Waals surface area contributed by atoms with Gasteiger partial charge in [0.25, 0.3) is 0 Å². The number of ether oxygens (including phenoxy) is 1. The Morgan fingerprint density at radius 2 is 1.78 bits per heavy atom. The predicted octanol–water partition coefficient (Wildman–Crippen LogP) is 2.80. The van der Waals surface area contributed by atoms with Crippen molar-refractivity contribution in [1.82, 2.24) is 0 Å². The third-order valence-corrected chi connectivity index (χ3v) is 2.96. The lowest BCUT2D eigenvalue weighted by atomic mass is 10.2. The third-order valence-electron chi connectivity index (χ3n) is 2.96. The Morgan fingerprint density at radius 3 is 2.43 bits per heavy atom. The van der Waals surface area contributed by atoms with E-state index in [2.05, 4.69) is 15.4 Å². The molecule has 7 heteroatoms. The Balaban J connectivity index is 1.91. The molecule has 0 bridgehead atoms. The largest absolute Gasteiger partial charge is 0.465 e. The molecule has 0 heterocycles. The molecule has 2 aromatic carbocycles. The first-order valence-electron chi connectivity index (χ1n) is 6.67. The summed E-state index contributed by atoms with van der Waals surface area (Å²) >= 11 is 0. The van der Waals surface area contributed by atoms with Gasteiger partial charge >= 0.3 is 5.97 Å². The van der Waals surface area contributed by atoms with Gasteiger partial charge in [-0.1, -0.05) is 0 Å². The molecule has 23 heavy (non-hydrogen) atoms. The molecule has 0 spiro atoms. The molecule has 2 aromatic rings. The van der Waals surface area contributed by atoms with Crippen molar-refractivity contribution in [3.05, 3.63) is 59.7 Å². The van der Waals surface area contributed by atoms with Crippen LogP contribution in [0.15, 0.2) is 42.5 Å². The number of carbonyl (C=O) groups is 2. The number of anilines is 2. The molecule has 1 amide bonds. The maximum absolute atomic E-state index is 13.4. The Bertz CT molecular complexity index is 718. The molecule has 0 fully saturated rings. The molecular formula is C16H14F2N2O3. The molecular weight excluding hydrogens is 306 g/mol. The smallest absolute Gasteiger partial charge is 0.337 e. The van der Waals surface area contributed by atoms with E-state index in [1.807, 2.05) is 0 Å². The highest BCUT2D eigenvalue weighted by Crippen LogP contribution is 2.15. The third kappa shape index (κ3) is 4.50. The van der Waals surface area contributed by atoms with Gasteiger partial charge in [0.15, 0.2) is 0 Å². The maximum atomic E-state index is 13.4. The second-order valence-corrected chi connectivity index (χ2v) is 4.59. The molecule has 0 unspecified atom stereocenters. The van der Waals surface area contributed by atoms with E-state index in [0.29, 0.717) is 11.3 Å². The number of methoxy groups -OCH3 is 1. The fourth-order valence-electron chi connectivity index (χ4n) is 1.81. The van der Waals surface area contributed by atoms with Gasteiger partial charge in [-0.15, -0.1) is 0 Å². The average molecular weight is 320 g/mol. The van der Waals surface area contributed by atoms with Crippen molar-refractivity contribution in [2.45, 2.75) is 0 Å². The Labute approximate surface area is 131 Å². The van der Waals surface area contributed by atoms with Crippen LogP contribution < -0.4 is 10.6 Å². The molecule has 0 aliphatic carbocycles. The van der Waals surface area contributed by atoms with Crippen LogP contribution in [-0.4, -0.2) is 25.5 Å². The van der Waals surface area contributed by atoms with Crippen LogP contribution in [-0.2, 0) is 9.53 Å². The zero-order chi connectivity index (χ0) is 16.8. The van der Waals surface area contributed by atoms with Crippen molar-refractivity contribution in [3.63, 3.8) is 0 Å². The normalized spacial score (nSPS) is 10.0. The van der Waals surface area contributed by atoms with E-state index >= 15 is 0 Å². The number of nitrogens with one attached hydrogen (secondary N) is 2. The van der Waals surface area contributed by atoms with Gasteiger partial charge in [0.1, 0.15) is 11.6 Å². The molecule has 0 atom stereocenters. The van der Waals surface area contributed by atoms with E-state index in [-0.39, 0.29) is 12.2 Å². The fraction of sp³-hybridized carbons (Fsp3) is 0.125. The number of hydrogen-bond donors (Lipinski definition) is 2. The minimum Gasteiger partial charge on any atom is -0.465 e. The van der Waals surface area contributed by atoms with Crippen molar-refractivity contribution in [2.75, 3.05) is 24.3 Å². The van der Waals surface area contributed by atoms with E-state index in [1.165, 1.54) is 19.2 Å². The number of rotatable bonds is 5. The second-order valence-electron chi connectivity index (χ2n) is 4.59. The van der Waals surface area contributed by atoms with Gasteiger partial charge in [-0.2, -0.15) is 0 Å². The van der Waals surface area contributed by atoms with Gasteiger partial charge in [0.05, 0.1) is 24.9 Å². The van der Waals surface area contributed by atoms with Crippen molar-refractivity contribution in [3.8, 4) is 0 Å². The first-order valence-corrected chi connectivity index (χ1v) is 6.67. The van der Waals surface area contributed by atoms with Gasteiger partial charge in [0.2, 0.25) is 5.91 Å². The molecule has 0 aromatic heterocycles. The highest BCUT2D eigenvalue weighted by atomic mass is 19.1. The van der Waals surface area contributed by atoms with Crippen LogP contribution in [0.4, 0.5) is 20.2 Å². The number of hydrogen-bond acceptors (Lipinski definition) is 4. The molecule has 2 rings (SSSR count). The summed E-state index contributed by atoms with van der Waals surface area (Å²) in [6, 6.07) is 9.08. The zero-order valence-corrected chi connectivity index (χ0v) is 12.2. The molecule has 0 saturated heterocycles. The van der Waals surface area contributed by atoms with Gasteiger partial charge in [-0.3, -0.25) is 4.79 Å². The first kappa shape index (κ1) is 16.4. The van der Waals surface area contributed by atoms with Crippen LogP contribution in [0.2, 0.25) is 0 Å². The Hall–Kier alpha value is -2.96. The van der Waals surface area contributed by atoms with Gasteiger partial charge < -0.3 is 15.4 Å². The maximum Gasteiger partial charge on any atom is 0.337 e. The van der Waals surface area contributed by atoms with E-state index in [1.54, 1.807) is 12.1 Å². The number of esters is 1. The molecule has 0 radical (unpaired) electrons. The summed E-state index contributed by atoms with van der Waals surface area (Å²) in [6.07, 6.45) is 0.